The Morgan fingerprint density at radius 2 is 1.77 bits per heavy atom. The number of para-hydroxylation sites is 1. The fraction of sp³-hybridized carbons (Fsp3) is 0.200. The molecule has 0 bridgehead atoms. The Hall–Kier alpha value is -4.01. The van der Waals surface area contributed by atoms with E-state index in [0.717, 1.165) is 17.1 Å². The number of aromatic nitrogens is 5. The lowest BCUT2D eigenvalue weighted by Crippen LogP contribution is -2.17. The third-order valence-corrected chi connectivity index (χ3v) is 4.80. The summed E-state index contributed by atoms with van der Waals surface area (Å²) >= 11 is 0. The van der Waals surface area contributed by atoms with Crippen molar-refractivity contribution < 1.29 is 27.6 Å². The molecule has 3 rings (SSSR count). The summed E-state index contributed by atoms with van der Waals surface area (Å²) in [5.41, 5.74) is -0.862. The highest BCUT2D eigenvalue weighted by molar-refractivity contribution is 7.92. The fourth-order valence-corrected chi connectivity index (χ4v) is 3.24. The summed E-state index contributed by atoms with van der Waals surface area (Å²) in [5.74, 6) is 0.190. The Morgan fingerprint density at radius 1 is 1.10 bits per heavy atom. The van der Waals surface area contributed by atoms with Crippen molar-refractivity contribution in [1.29, 1.82) is 0 Å². The molecular weight excluding hydrogens is 422 g/mol. The Labute approximate surface area is 169 Å². The number of methoxy groups -OCH3 is 3. The highest BCUT2D eigenvalue weighted by Gasteiger charge is 2.27. The van der Waals surface area contributed by atoms with Crippen LogP contribution in [0.4, 0.5) is 11.4 Å². The maximum atomic E-state index is 12.7. The molecule has 0 aliphatic heterocycles. The zero-order chi connectivity index (χ0) is 21.9. The van der Waals surface area contributed by atoms with Crippen LogP contribution in [0.15, 0.2) is 35.7 Å². The van der Waals surface area contributed by atoms with Crippen LogP contribution in [0.25, 0.3) is 5.95 Å². The molecule has 0 saturated heterocycles. The Bertz CT molecular complexity index is 1170. The summed E-state index contributed by atoms with van der Waals surface area (Å²) in [7, 11) is -0.405. The number of sulfonamides is 1. The summed E-state index contributed by atoms with van der Waals surface area (Å²) in [6.07, 6.45) is 1.05. The molecule has 2 aromatic heterocycles. The molecule has 0 amide bonds. The average molecular weight is 437 g/mol. The van der Waals surface area contributed by atoms with E-state index in [1.165, 1.54) is 39.5 Å². The molecule has 0 saturated carbocycles. The van der Waals surface area contributed by atoms with Crippen LogP contribution in [-0.4, -0.2) is 59.4 Å². The summed E-state index contributed by atoms with van der Waals surface area (Å²) in [4.78, 5) is 22.3. The van der Waals surface area contributed by atoms with Crippen LogP contribution >= 0.6 is 0 Å². The molecule has 0 fully saturated rings. The lowest BCUT2D eigenvalue weighted by molar-refractivity contribution is -0.383. The minimum atomic E-state index is -4.42. The summed E-state index contributed by atoms with van der Waals surface area (Å²) in [5, 5.41) is 14.4. The fourth-order valence-electron chi connectivity index (χ4n) is 2.30. The van der Waals surface area contributed by atoms with E-state index in [0.29, 0.717) is 0 Å². The maximum absolute atomic E-state index is 12.7. The van der Waals surface area contributed by atoms with Gasteiger partial charge in [0.1, 0.15) is 12.1 Å². The molecule has 0 unspecified atom stereocenters. The van der Waals surface area contributed by atoms with Crippen molar-refractivity contribution in [3.05, 3.63) is 40.7 Å². The first-order valence-electron chi connectivity index (χ1n) is 8.02. The molecule has 3 aromatic rings. The largest absolute Gasteiger partial charge is 0.494 e. The first-order chi connectivity index (χ1) is 14.3. The summed E-state index contributed by atoms with van der Waals surface area (Å²) in [6.45, 7) is 0. The second kappa shape index (κ2) is 8.16. The zero-order valence-corrected chi connectivity index (χ0v) is 16.7. The third kappa shape index (κ3) is 4.04. The monoisotopic (exact) mass is 437 g/mol. The molecular formula is C15H15N7O7S. The molecule has 0 spiro atoms. The number of hydrogen-bond donors (Lipinski definition) is 1. The molecule has 14 nitrogen and oxygen atoms in total. The van der Waals surface area contributed by atoms with Gasteiger partial charge in [0, 0.05) is 6.07 Å². The van der Waals surface area contributed by atoms with E-state index in [2.05, 4.69) is 24.8 Å². The van der Waals surface area contributed by atoms with Crippen LogP contribution in [-0.2, 0) is 10.0 Å². The standard InChI is InChI=1S/C15H15N7O7S/c1-27-10-6-4-5-9(22(23)24)13(10)20-30(25,26)15-16-8-21(19-15)14-17-11(28-2)7-12(18-14)29-3/h4-8,20H,1-3H3. The van der Waals surface area contributed by atoms with Crippen molar-refractivity contribution in [2.24, 2.45) is 0 Å². The van der Waals surface area contributed by atoms with Gasteiger partial charge in [-0.2, -0.15) is 23.1 Å². The Balaban J connectivity index is 1.99. The molecule has 0 radical (unpaired) electrons. The topological polar surface area (TPSA) is 173 Å². The van der Waals surface area contributed by atoms with Crippen molar-refractivity contribution >= 4 is 21.4 Å². The smallest absolute Gasteiger partial charge is 0.299 e. The van der Waals surface area contributed by atoms with E-state index in [-0.39, 0.29) is 29.1 Å². The van der Waals surface area contributed by atoms with Gasteiger partial charge in [0.2, 0.25) is 11.8 Å². The zero-order valence-electron chi connectivity index (χ0n) is 15.8. The van der Waals surface area contributed by atoms with E-state index in [1.54, 1.807) is 0 Å². The van der Waals surface area contributed by atoms with Crippen LogP contribution < -0.4 is 18.9 Å². The lowest BCUT2D eigenvalue weighted by Gasteiger charge is -2.10. The average Bonchev–Trinajstić information content (AvgIpc) is 3.24. The van der Waals surface area contributed by atoms with Crippen LogP contribution in [0, 0.1) is 10.1 Å². The van der Waals surface area contributed by atoms with Gasteiger partial charge in [-0.05, 0) is 6.07 Å². The predicted octanol–water partition coefficient (Wildman–Crippen LogP) is 0.792. The Morgan fingerprint density at radius 3 is 2.33 bits per heavy atom. The summed E-state index contributed by atoms with van der Waals surface area (Å²) in [6, 6.07) is 5.27. The first kappa shape index (κ1) is 20.7. The number of nitro groups is 1. The highest BCUT2D eigenvalue weighted by atomic mass is 32.2. The molecule has 0 atom stereocenters. The van der Waals surface area contributed by atoms with Gasteiger partial charge in [0.25, 0.3) is 26.8 Å². The molecule has 1 N–H and O–H groups in total. The Kier molecular flexibility index (Phi) is 5.63. The van der Waals surface area contributed by atoms with Gasteiger partial charge in [-0.25, -0.2) is 4.98 Å². The van der Waals surface area contributed by atoms with Crippen molar-refractivity contribution in [3.8, 4) is 23.5 Å². The van der Waals surface area contributed by atoms with E-state index >= 15 is 0 Å². The minimum Gasteiger partial charge on any atom is -0.494 e. The van der Waals surface area contributed by atoms with Crippen LogP contribution in [0.2, 0.25) is 0 Å². The maximum Gasteiger partial charge on any atom is 0.299 e. The number of nitro benzene ring substituents is 1. The number of nitrogens with one attached hydrogen (secondary N) is 1. The second-order valence-electron chi connectivity index (χ2n) is 5.44. The second-order valence-corrected chi connectivity index (χ2v) is 7.02. The van der Waals surface area contributed by atoms with E-state index in [1.807, 2.05) is 0 Å². The van der Waals surface area contributed by atoms with Gasteiger partial charge < -0.3 is 14.2 Å². The third-order valence-electron chi connectivity index (χ3n) is 3.66. The molecule has 158 valence electrons. The first-order valence-corrected chi connectivity index (χ1v) is 9.50. The van der Waals surface area contributed by atoms with Gasteiger partial charge in [0.15, 0.2) is 5.69 Å². The number of hydrogen-bond acceptors (Lipinski definition) is 11. The molecule has 30 heavy (non-hydrogen) atoms. The van der Waals surface area contributed by atoms with Crippen molar-refractivity contribution in [1.82, 2.24) is 24.7 Å². The van der Waals surface area contributed by atoms with Crippen LogP contribution in [0.5, 0.6) is 17.5 Å². The van der Waals surface area contributed by atoms with Crippen molar-refractivity contribution in [2.75, 3.05) is 26.1 Å². The van der Waals surface area contributed by atoms with E-state index < -0.39 is 25.8 Å². The molecule has 15 heteroatoms. The normalized spacial score (nSPS) is 11.0. The lowest BCUT2D eigenvalue weighted by atomic mass is 10.2. The summed E-state index contributed by atoms with van der Waals surface area (Å²) < 4.78 is 43.6. The van der Waals surface area contributed by atoms with Gasteiger partial charge in [0.05, 0.1) is 32.3 Å². The number of benzene rings is 1. The van der Waals surface area contributed by atoms with Crippen LogP contribution in [0.1, 0.15) is 0 Å². The van der Waals surface area contributed by atoms with E-state index in [9.17, 15) is 18.5 Å². The van der Waals surface area contributed by atoms with Crippen molar-refractivity contribution in [2.45, 2.75) is 5.16 Å². The SMILES string of the molecule is COc1cc(OC)nc(-n2cnc(S(=O)(=O)Nc3c(OC)cccc3[N+](=O)[O-])n2)n1. The highest BCUT2D eigenvalue weighted by Crippen LogP contribution is 2.35. The van der Waals surface area contributed by atoms with E-state index in [4.69, 9.17) is 14.2 Å². The quantitative estimate of drug-likeness (QED) is 0.390. The molecule has 0 aliphatic rings. The number of rotatable bonds is 8. The van der Waals surface area contributed by atoms with Crippen LogP contribution in [0.3, 0.4) is 0 Å². The van der Waals surface area contributed by atoms with Gasteiger partial charge >= 0.3 is 0 Å². The molecule has 0 aliphatic carbocycles. The number of anilines is 1. The van der Waals surface area contributed by atoms with Gasteiger partial charge in [-0.15, -0.1) is 5.10 Å². The minimum absolute atomic E-state index is 0.0481. The van der Waals surface area contributed by atoms with Crippen molar-refractivity contribution in [3.63, 3.8) is 0 Å². The predicted molar refractivity (Wildman–Crippen MR) is 101 cm³/mol. The molecule has 1 aromatic carbocycles. The number of ether oxygens (including phenoxy) is 3. The van der Waals surface area contributed by atoms with Gasteiger partial charge in [-0.3, -0.25) is 14.8 Å². The van der Waals surface area contributed by atoms with Gasteiger partial charge in [-0.1, -0.05) is 6.07 Å². The molecule has 2 heterocycles. The number of nitrogens with zero attached hydrogens (tertiary/aromatic N) is 6.